The quantitative estimate of drug-likeness (QED) is 0.845. The summed E-state index contributed by atoms with van der Waals surface area (Å²) in [6.07, 6.45) is 9.74. The molecule has 5 heteroatoms. The van der Waals surface area contributed by atoms with E-state index in [1.807, 2.05) is 24.3 Å². The summed E-state index contributed by atoms with van der Waals surface area (Å²) in [7, 11) is 1.90. The Kier molecular flexibility index (Phi) is 3.58. The van der Waals surface area contributed by atoms with Crippen LogP contribution >= 0.6 is 0 Å². The fourth-order valence-electron chi connectivity index (χ4n) is 2.85. The summed E-state index contributed by atoms with van der Waals surface area (Å²) < 4.78 is 7.05. The van der Waals surface area contributed by atoms with Crippen LogP contribution in [0.1, 0.15) is 47.8 Å². The van der Waals surface area contributed by atoms with Crippen molar-refractivity contribution in [1.29, 1.82) is 0 Å². The predicted molar refractivity (Wildman–Crippen MR) is 74.2 cm³/mol. The molecular formula is C15H19N3O2. The van der Waals surface area contributed by atoms with Gasteiger partial charge in [-0.15, -0.1) is 0 Å². The van der Waals surface area contributed by atoms with Gasteiger partial charge in [0.25, 0.3) is 5.91 Å². The molecule has 0 aliphatic carbocycles. The van der Waals surface area contributed by atoms with E-state index in [4.69, 9.17) is 4.42 Å². The lowest BCUT2D eigenvalue weighted by Crippen LogP contribution is -2.34. The molecule has 2 aromatic heterocycles. The predicted octanol–water partition coefficient (Wildman–Crippen LogP) is 2.77. The van der Waals surface area contributed by atoms with Crippen molar-refractivity contribution in [3.8, 4) is 0 Å². The zero-order chi connectivity index (χ0) is 13.9. The first-order chi connectivity index (χ1) is 9.75. The molecule has 5 nitrogen and oxygen atoms in total. The molecule has 0 radical (unpaired) electrons. The van der Waals surface area contributed by atoms with E-state index in [9.17, 15) is 4.79 Å². The maximum atomic E-state index is 12.6. The number of aryl methyl sites for hydroxylation is 1. The highest BCUT2D eigenvalue weighted by Gasteiger charge is 2.29. The first-order valence-electron chi connectivity index (χ1n) is 7.09. The molecule has 3 heterocycles. The van der Waals surface area contributed by atoms with Crippen LogP contribution in [-0.2, 0) is 7.05 Å². The van der Waals surface area contributed by atoms with Gasteiger partial charge in [-0.05, 0) is 25.0 Å². The standard InChI is InChI=1S/C15H19N3O2/c1-17-11-12(10-16-17)13-6-3-2-4-8-18(13)15(19)14-7-5-9-20-14/h5,7,9-11,13H,2-4,6,8H2,1H3/t13-/m1/s1. The largest absolute Gasteiger partial charge is 0.459 e. The average molecular weight is 273 g/mol. The molecule has 1 fully saturated rings. The van der Waals surface area contributed by atoms with Crippen LogP contribution in [0.3, 0.4) is 0 Å². The molecule has 2 aromatic rings. The van der Waals surface area contributed by atoms with E-state index in [-0.39, 0.29) is 11.9 Å². The van der Waals surface area contributed by atoms with E-state index in [0.29, 0.717) is 5.76 Å². The van der Waals surface area contributed by atoms with Crippen molar-refractivity contribution in [3.05, 3.63) is 42.1 Å². The van der Waals surface area contributed by atoms with Gasteiger partial charge in [0.1, 0.15) is 0 Å². The summed E-state index contributed by atoms with van der Waals surface area (Å²) in [4.78, 5) is 14.5. The van der Waals surface area contributed by atoms with Crippen molar-refractivity contribution in [3.63, 3.8) is 0 Å². The van der Waals surface area contributed by atoms with Crippen molar-refractivity contribution < 1.29 is 9.21 Å². The van der Waals surface area contributed by atoms with E-state index in [0.717, 1.165) is 31.4 Å². The lowest BCUT2D eigenvalue weighted by molar-refractivity contribution is 0.0648. The van der Waals surface area contributed by atoms with Gasteiger partial charge >= 0.3 is 0 Å². The SMILES string of the molecule is Cn1cc([C@H]2CCCCCN2C(=O)c2ccco2)cn1. The minimum Gasteiger partial charge on any atom is -0.459 e. The third-order valence-corrected chi connectivity index (χ3v) is 3.86. The fourth-order valence-corrected chi connectivity index (χ4v) is 2.85. The number of amides is 1. The van der Waals surface area contributed by atoms with Crippen molar-refractivity contribution >= 4 is 5.91 Å². The summed E-state index contributed by atoms with van der Waals surface area (Å²) in [6.45, 7) is 0.777. The Morgan fingerprint density at radius 1 is 1.40 bits per heavy atom. The number of carbonyl (C=O) groups excluding carboxylic acids is 1. The van der Waals surface area contributed by atoms with Gasteiger partial charge in [0.2, 0.25) is 0 Å². The highest BCUT2D eigenvalue weighted by atomic mass is 16.3. The lowest BCUT2D eigenvalue weighted by Gasteiger charge is -2.28. The van der Waals surface area contributed by atoms with Crippen molar-refractivity contribution in [2.75, 3.05) is 6.54 Å². The number of rotatable bonds is 2. The molecule has 3 rings (SSSR count). The van der Waals surface area contributed by atoms with Crippen LogP contribution in [0.4, 0.5) is 0 Å². The third kappa shape index (κ3) is 2.48. The van der Waals surface area contributed by atoms with Gasteiger partial charge in [-0.3, -0.25) is 9.48 Å². The minimum atomic E-state index is -0.0225. The van der Waals surface area contributed by atoms with Gasteiger partial charge < -0.3 is 9.32 Å². The Hall–Kier alpha value is -2.04. The maximum absolute atomic E-state index is 12.6. The molecule has 1 aliphatic rings. The molecule has 1 saturated heterocycles. The van der Waals surface area contributed by atoms with Gasteiger partial charge in [-0.2, -0.15) is 5.10 Å². The number of nitrogens with zero attached hydrogens (tertiary/aromatic N) is 3. The highest BCUT2D eigenvalue weighted by molar-refractivity contribution is 5.91. The number of carbonyl (C=O) groups is 1. The molecule has 20 heavy (non-hydrogen) atoms. The molecule has 0 saturated carbocycles. The van der Waals surface area contributed by atoms with E-state index < -0.39 is 0 Å². The van der Waals surface area contributed by atoms with Crippen LogP contribution in [0.2, 0.25) is 0 Å². The van der Waals surface area contributed by atoms with Crippen LogP contribution in [-0.4, -0.2) is 27.1 Å². The minimum absolute atomic E-state index is 0.0225. The monoisotopic (exact) mass is 273 g/mol. The Morgan fingerprint density at radius 3 is 3.00 bits per heavy atom. The van der Waals surface area contributed by atoms with Crippen LogP contribution in [0, 0.1) is 0 Å². The van der Waals surface area contributed by atoms with E-state index in [1.54, 1.807) is 23.1 Å². The first kappa shape index (κ1) is 13.0. The molecule has 1 amide bonds. The van der Waals surface area contributed by atoms with Crippen molar-refractivity contribution in [2.24, 2.45) is 7.05 Å². The highest BCUT2D eigenvalue weighted by Crippen LogP contribution is 2.31. The Labute approximate surface area is 118 Å². The maximum Gasteiger partial charge on any atom is 0.290 e. The fraction of sp³-hybridized carbons (Fsp3) is 0.467. The summed E-state index contributed by atoms with van der Waals surface area (Å²) >= 11 is 0. The van der Waals surface area contributed by atoms with Gasteiger partial charge in [-0.25, -0.2) is 0 Å². The number of hydrogen-bond donors (Lipinski definition) is 0. The van der Waals surface area contributed by atoms with Gasteiger partial charge in [0.15, 0.2) is 5.76 Å². The molecule has 0 unspecified atom stereocenters. The van der Waals surface area contributed by atoms with Crippen LogP contribution < -0.4 is 0 Å². The van der Waals surface area contributed by atoms with Crippen molar-refractivity contribution in [2.45, 2.75) is 31.7 Å². The smallest absolute Gasteiger partial charge is 0.290 e. The molecule has 1 atom stereocenters. The van der Waals surface area contributed by atoms with Crippen LogP contribution in [0.15, 0.2) is 35.2 Å². The van der Waals surface area contributed by atoms with Crippen molar-refractivity contribution in [1.82, 2.24) is 14.7 Å². The number of aromatic nitrogens is 2. The Bertz CT molecular complexity index is 574. The zero-order valence-corrected chi connectivity index (χ0v) is 11.7. The van der Waals surface area contributed by atoms with Crippen LogP contribution in [0.25, 0.3) is 0 Å². The summed E-state index contributed by atoms with van der Waals surface area (Å²) in [5.74, 6) is 0.395. The van der Waals surface area contributed by atoms with Crippen LogP contribution in [0.5, 0.6) is 0 Å². The second kappa shape index (κ2) is 5.53. The van der Waals surface area contributed by atoms with Gasteiger partial charge in [0.05, 0.1) is 18.5 Å². The molecule has 0 N–H and O–H groups in total. The number of hydrogen-bond acceptors (Lipinski definition) is 3. The molecule has 0 spiro atoms. The molecule has 0 bridgehead atoms. The average Bonchev–Trinajstić information content (AvgIpc) is 3.05. The molecular weight excluding hydrogens is 254 g/mol. The topological polar surface area (TPSA) is 51.3 Å². The van der Waals surface area contributed by atoms with E-state index in [1.165, 1.54) is 6.42 Å². The summed E-state index contributed by atoms with van der Waals surface area (Å²) in [6, 6.07) is 3.58. The normalized spacial score (nSPS) is 19.9. The van der Waals surface area contributed by atoms with Gasteiger partial charge in [-0.1, -0.05) is 12.8 Å². The first-order valence-corrected chi connectivity index (χ1v) is 7.09. The number of likely N-dealkylation sites (tertiary alicyclic amines) is 1. The lowest BCUT2D eigenvalue weighted by atomic mass is 10.0. The summed E-state index contributed by atoms with van der Waals surface area (Å²) in [5.41, 5.74) is 1.11. The summed E-state index contributed by atoms with van der Waals surface area (Å²) in [5, 5.41) is 4.23. The second-order valence-corrected chi connectivity index (χ2v) is 5.29. The zero-order valence-electron chi connectivity index (χ0n) is 11.7. The Balaban J connectivity index is 1.89. The number of furan rings is 1. The molecule has 1 aliphatic heterocycles. The van der Waals surface area contributed by atoms with Gasteiger partial charge in [0, 0.05) is 25.4 Å². The molecule has 106 valence electrons. The van der Waals surface area contributed by atoms with E-state index in [2.05, 4.69) is 5.10 Å². The van der Waals surface area contributed by atoms with E-state index >= 15 is 0 Å². The third-order valence-electron chi connectivity index (χ3n) is 3.86. The molecule has 0 aromatic carbocycles. The second-order valence-electron chi connectivity index (χ2n) is 5.29. The Morgan fingerprint density at radius 2 is 2.30 bits per heavy atom.